The highest BCUT2D eigenvalue weighted by Crippen LogP contribution is 2.17. The molecule has 0 aliphatic carbocycles. The minimum absolute atomic E-state index is 0.0737. The molecule has 150 valence electrons. The Kier molecular flexibility index (Phi) is 6.66. The van der Waals surface area contributed by atoms with Crippen LogP contribution in [0.3, 0.4) is 0 Å². The summed E-state index contributed by atoms with van der Waals surface area (Å²) in [6, 6.07) is 18.6. The van der Waals surface area contributed by atoms with Crippen molar-refractivity contribution in [2.75, 3.05) is 0 Å². The molecule has 0 spiro atoms. The Morgan fingerprint density at radius 1 is 1.03 bits per heavy atom. The minimum atomic E-state index is -0.708. The number of ether oxygens (including phenoxy) is 1. The molecule has 0 radical (unpaired) electrons. The molecule has 0 heterocycles. The summed E-state index contributed by atoms with van der Waals surface area (Å²) in [5, 5.41) is 14.7. The van der Waals surface area contributed by atoms with E-state index in [9.17, 15) is 19.7 Å². The summed E-state index contributed by atoms with van der Waals surface area (Å²) in [6.07, 6.45) is 1.45. The van der Waals surface area contributed by atoms with Crippen molar-refractivity contribution in [3.05, 3.63) is 104 Å². The number of carbonyl (C=O) groups excluding carboxylic acids is 2. The fourth-order valence-corrected chi connectivity index (χ4v) is 2.87. The van der Waals surface area contributed by atoms with Crippen LogP contribution >= 0.6 is 15.9 Å². The van der Waals surface area contributed by atoms with E-state index in [2.05, 4.69) is 26.5 Å². The number of hydrazone groups is 1. The molecule has 0 aliphatic rings. The largest absolute Gasteiger partial charge is 0.423 e. The number of nitrogens with one attached hydrogen (secondary N) is 1. The maximum Gasteiger partial charge on any atom is 0.343 e. The summed E-state index contributed by atoms with van der Waals surface area (Å²) in [7, 11) is 0. The third-order valence-corrected chi connectivity index (χ3v) is 4.57. The second-order valence-corrected chi connectivity index (χ2v) is 6.80. The van der Waals surface area contributed by atoms with Crippen LogP contribution in [0.5, 0.6) is 5.75 Å². The first-order valence-electron chi connectivity index (χ1n) is 8.58. The Labute approximate surface area is 179 Å². The van der Waals surface area contributed by atoms with Crippen molar-refractivity contribution in [2.45, 2.75) is 0 Å². The van der Waals surface area contributed by atoms with Gasteiger partial charge in [0.15, 0.2) is 0 Å². The molecule has 1 amide bonds. The number of amides is 1. The van der Waals surface area contributed by atoms with Gasteiger partial charge in [-0.2, -0.15) is 5.10 Å². The zero-order valence-corrected chi connectivity index (χ0v) is 16.9. The lowest BCUT2D eigenvalue weighted by molar-refractivity contribution is -0.384. The summed E-state index contributed by atoms with van der Waals surface area (Å²) >= 11 is 3.30. The number of carbonyl (C=O) groups is 2. The quantitative estimate of drug-likeness (QED) is 0.190. The number of nitrogens with zero attached hydrogens (tertiary/aromatic N) is 2. The highest BCUT2D eigenvalue weighted by atomic mass is 79.9. The highest BCUT2D eigenvalue weighted by Gasteiger charge is 2.13. The van der Waals surface area contributed by atoms with Gasteiger partial charge >= 0.3 is 5.97 Å². The third kappa shape index (κ3) is 5.36. The highest BCUT2D eigenvalue weighted by molar-refractivity contribution is 9.10. The monoisotopic (exact) mass is 467 g/mol. The van der Waals surface area contributed by atoms with Crippen molar-refractivity contribution < 1.29 is 19.2 Å². The van der Waals surface area contributed by atoms with E-state index in [4.69, 9.17) is 4.74 Å². The first-order valence-corrected chi connectivity index (χ1v) is 9.38. The van der Waals surface area contributed by atoms with E-state index < -0.39 is 10.9 Å². The van der Waals surface area contributed by atoms with Crippen LogP contribution in [0.4, 0.5) is 5.69 Å². The van der Waals surface area contributed by atoms with Crippen LogP contribution < -0.4 is 10.2 Å². The maximum atomic E-state index is 12.2. The van der Waals surface area contributed by atoms with Crippen molar-refractivity contribution in [2.24, 2.45) is 5.10 Å². The summed E-state index contributed by atoms with van der Waals surface area (Å²) in [5.74, 6) is -0.803. The van der Waals surface area contributed by atoms with Crippen LogP contribution in [0.15, 0.2) is 82.4 Å². The van der Waals surface area contributed by atoms with E-state index in [1.807, 2.05) is 0 Å². The van der Waals surface area contributed by atoms with Crippen LogP contribution in [-0.4, -0.2) is 23.0 Å². The SMILES string of the molecule is O=C(Oc1ccc(/C=N\NC(=O)c2ccccc2Br)cc1)c1cccc([N+](=O)[O-])c1. The molecule has 3 rings (SSSR count). The van der Waals surface area contributed by atoms with Crippen molar-refractivity contribution in [3.8, 4) is 5.75 Å². The number of nitro groups is 1. The first kappa shape index (κ1) is 20.9. The summed E-state index contributed by atoms with van der Waals surface area (Å²) in [6.45, 7) is 0. The number of nitro benzene ring substituents is 1. The smallest absolute Gasteiger partial charge is 0.343 e. The van der Waals surface area contributed by atoms with Gasteiger partial charge in [-0.05, 0) is 64.0 Å². The normalized spacial score (nSPS) is 10.6. The van der Waals surface area contributed by atoms with E-state index >= 15 is 0 Å². The van der Waals surface area contributed by atoms with Crippen molar-refractivity contribution in [1.29, 1.82) is 0 Å². The van der Waals surface area contributed by atoms with Gasteiger partial charge in [-0.25, -0.2) is 10.2 Å². The van der Waals surface area contributed by atoms with Gasteiger partial charge in [0.1, 0.15) is 5.75 Å². The van der Waals surface area contributed by atoms with E-state index in [-0.39, 0.29) is 22.9 Å². The van der Waals surface area contributed by atoms with Gasteiger partial charge in [0, 0.05) is 16.6 Å². The molecule has 30 heavy (non-hydrogen) atoms. The number of esters is 1. The molecule has 0 aromatic heterocycles. The van der Waals surface area contributed by atoms with Gasteiger partial charge in [-0.1, -0.05) is 18.2 Å². The lowest BCUT2D eigenvalue weighted by atomic mass is 10.2. The van der Waals surface area contributed by atoms with Crippen molar-refractivity contribution in [3.63, 3.8) is 0 Å². The van der Waals surface area contributed by atoms with Crippen LogP contribution in [0.1, 0.15) is 26.3 Å². The van der Waals surface area contributed by atoms with Crippen LogP contribution in [0, 0.1) is 10.1 Å². The third-order valence-electron chi connectivity index (χ3n) is 3.88. The molecule has 1 N–H and O–H groups in total. The molecule has 3 aromatic carbocycles. The number of hydrogen-bond donors (Lipinski definition) is 1. The van der Waals surface area contributed by atoms with Crippen LogP contribution in [0.2, 0.25) is 0 Å². The summed E-state index contributed by atoms with van der Waals surface area (Å²) in [4.78, 5) is 34.5. The molecule has 8 nitrogen and oxygen atoms in total. The molecule has 0 saturated heterocycles. The zero-order chi connectivity index (χ0) is 21.5. The topological polar surface area (TPSA) is 111 Å². The predicted octanol–water partition coefficient (Wildman–Crippen LogP) is 4.34. The number of benzene rings is 3. The summed E-state index contributed by atoms with van der Waals surface area (Å²) in [5.41, 5.74) is 3.43. The average Bonchev–Trinajstić information content (AvgIpc) is 2.75. The van der Waals surface area contributed by atoms with Gasteiger partial charge in [-0.3, -0.25) is 14.9 Å². The minimum Gasteiger partial charge on any atom is -0.423 e. The molecule has 9 heteroatoms. The number of hydrogen-bond acceptors (Lipinski definition) is 6. The maximum absolute atomic E-state index is 12.2. The Hall–Kier alpha value is -3.85. The lowest BCUT2D eigenvalue weighted by Crippen LogP contribution is -2.18. The second-order valence-electron chi connectivity index (χ2n) is 5.94. The molecule has 0 fully saturated rings. The lowest BCUT2D eigenvalue weighted by Gasteiger charge is -2.05. The average molecular weight is 468 g/mol. The Morgan fingerprint density at radius 2 is 1.77 bits per heavy atom. The van der Waals surface area contributed by atoms with Gasteiger partial charge < -0.3 is 4.74 Å². The van der Waals surface area contributed by atoms with E-state index in [0.717, 1.165) is 6.07 Å². The van der Waals surface area contributed by atoms with Crippen LogP contribution in [-0.2, 0) is 0 Å². The Bertz CT molecular complexity index is 1130. The van der Waals surface area contributed by atoms with Crippen LogP contribution in [0.25, 0.3) is 0 Å². The Balaban J connectivity index is 1.59. The van der Waals surface area contributed by atoms with E-state index in [0.29, 0.717) is 15.6 Å². The van der Waals surface area contributed by atoms with Gasteiger partial charge in [0.05, 0.1) is 22.3 Å². The number of non-ortho nitro benzene ring substituents is 1. The first-order chi connectivity index (χ1) is 14.4. The number of halogens is 1. The molecular weight excluding hydrogens is 454 g/mol. The number of rotatable bonds is 6. The summed E-state index contributed by atoms with van der Waals surface area (Å²) < 4.78 is 5.88. The van der Waals surface area contributed by atoms with Gasteiger partial charge in [0.25, 0.3) is 11.6 Å². The van der Waals surface area contributed by atoms with Gasteiger partial charge in [-0.15, -0.1) is 0 Å². The molecule has 0 atom stereocenters. The van der Waals surface area contributed by atoms with E-state index in [1.165, 1.54) is 24.4 Å². The predicted molar refractivity (Wildman–Crippen MR) is 114 cm³/mol. The molecule has 0 unspecified atom stereocenters. The molecule has 3 aromatic rings. The fourth-order valence-electron chi connectivity index (χ4n) is 2.41. The van der Waals surface area contributed by atoms with Crippen molar-refractivity contribution in [1.82, 2.24) is 5.43 Å². The molecule has 0 bridgehead atoms. The van der Waals surface area contributed by atoms with E-state index in [1.54, 1.807) is 48.5 Å². The van der Waals surface area contributed by atoms with Gasteiger partial charge in [0.2, 0.25) is 0 Å². The zero-order valence-electron chi connectivity index (χ0n) is 15.3. The molecule has 0 saturated carbocycles. The molecular formula is C21H14BrN3O5. The van der Waals surface area contributed by atoms with Crippen molar-refractivity contribution >= 4 is 39.7 Å². The fraction of sp³-hybridized carbons (Fsp3) is 0. The standard InChI is InChI=1S/C21H14BrN3O5/c22-19-7-2-1-6-18(19)20(26)24-23-13-14-8-10-17(11-9-14)30-21(27)15-4-3-5-16(12-15)25(28)29/h1-13H,(H,24,26)/b23-13-. The second kappa shape index (κ2) is 9.57. The Morgan fingerprint density at radius 3 is 2.47 bits per heavy atom. The molecule has 0 aliphatic heterocycles.